The van der Waals surface area contributed by atoms with Gasteiger partial charge in [-0.3, -0.25) is 29.4 Å². The van der Waals surface area contributed by atoms with Gasteiger partial charge in [-0.25, -0.2) is 4.39 Å². The Morgan fingerprint density at radius 2 is 1.81 bits per heavy atom. The van der Waals surface area contributed by atoms with Gasteiger partial charge in [0.25, 0.3) is 16.8 Å². The first-order valence-electron chi connectivity index (χ1n) is 10.5. The molecule has 1 fully saturated rings. The number of nitro groups is 1. The van der Waals surface area contributed by atoms with Gasteiger partial charge in [0.1, 0.15) is 12.4 Å². The lowest BCUT2D eigenvalue weighted by atomic mass is 10.2. The van der Waals surface area contributed by atoms with Gasteiger partial charge in [0, 0.05) is 16.6 Å². The summed E-state index contributed by atoms with van der Waals surface area (Å²) >= 11 is 1.89. The van der Waals surface area contributed by atoms with Crippen LogP contribution in [0.5, 0.6) is 0 Å². The minimum atomic E-state index is -0.681. The Kier molecular flexibility index (Phi) is 7.51. The van der Waals surface area contributed by atoms with E-state index in [0.717, 1.165) is 15.4 Å². The minimum Gasteiger partial charge on any atom is -0.325 e. The predicted molar refractivity (Wildman–Crippen MR) is 136 cm³/mol. The summed E-state index contributed by atoms with van der Waals surface area (Å²) < 4.78 is 13.0. The van der Waals surface area contributed by atoms with Gasteiger partial charge in [-0.15, -0.1) is 0 Å². The number of nitrogens with one attached hydrogen (secondary N) is 1. The molecule has 0 aliphatic carbocycles. The number of carbonyl (C=O) groups is 3. The number of benzene rings is 3. The van der Waals surface area contributed by atoms with Gasteiger partial charge in [0.2, 0.25) is 5.91 Å². The van der Waals surface area contributed by atoms with Crippen LogP contribution in [-0.4, -0.2) is 33.4 Å². The second-order valence-corrected chi connectivity index (χ2v) is 9.83. The van der Waals surface area contributed by atoms with Crippen molar-refractivity contribution in [3.63, 3.8) is 0 Å². The molecule has 182 valence electrons. The van der Waals surface area contributed by atoms with Crippen LogP contribution in [0.3, 0.4) is 0 Å². The van der Waals surface area contributed by atoms with Crippen molar-refractivity contribution in [2.75, 3.05) is 11.9 Å². The third-order valence-electron chi connectivity index (χ3n) is 5.03. The van der Waals surface area contributed by atoms with Gasteiger partial charge in [-0.1, -0.05) is 35.5 Å². The average molecular weight is 524 g/mol. The molecule has 0 atom stereocenters. The molecule has 1 aliphatic heterocycles. The summed E-state index contributed by atoms with van der Waals surface area (Å²) in [6, 6.07) is 17.2. The molecule has 1 heterocycles. The molecule has 3 amide bonds. The lowest BCUT2D eigenvalue weighted by Gasteiger charge is -2.12. The van der Waals surface area contributed by atoms with E-state index in [1.165, 1.54) is 48.2 Å². The summed E-state index contributed by atoms with van der Waals surface area (Å²) in [5.74, 6) is -1.77. The van der Waals surface area contributed by atoms with Gasteiger partial charge < -0.3 is 5.32 Å². The zero-order valence-corrected chi connectivity index (χ0v) is 20.4. The largest absolute Gasteiger partial charge is 0.325 e. The first-order chi connectivity index (χ1) is 17.2. The van der Waals surface area contributed by atoms with E-state index < -0.39 is 34.3 Å². The van der Waals surface area contributed by atoms with Crippen molar-refractivity contribution in [3.05, 3.63) is 98.7 Å². The van der Waals surface area contributed by atoms with Gasteiger partial charge in [-0.2, -0.15) is 0 Å². The number of amides is 3. The van der Waals surface area contributed by atoms with E-state index in [1.54, 1.807) is 12.1 Å². The fraction of sp³-hybridized carbons (Fsp3) is 0.0800. The van der Waals surface area contributed by atoms with Crippen LogP contribution < -0.4 is 5.32 Å². The topological polar surface area (TPSA) is 110 Å². The molecule has 0 bridgehead atoms. The second-order valence-electron chi connectivity index (χ2n) is 7.72. The summed E-state index contributed by atoms with van der Waals surface area (Å²) in [6.07, 6.45) is 1.39. The van der Waals surface area contributed by atoms with Crippen molar-refractivity contribution in [2.45, 2.75) is 16.7 Å². The Labute approximate surface area is 213 Å². The molecular weight excluding hydrogens is 505 g/mol. The van der Waals surface area contributed by atoms with Crippen molar-refractivity contribution in [2.24, 2.45) is 0 Å². The monoisotopic (exact) mass is 523 g/mol. The molecule has 0 spiro atoms. The fourth-order valence-corrected chi connectivity index (χ4v) is 4.99. The maximum absolute atomic E-state index is 13.0. The van der Waals surface area contributed by atoms with Crippen molar-refractivity contribution in [1.29, 1.82) is 0 Å². The predicted octanol–water partition coefficient (Wildman–Crippen LogP) is 5.87. The molecule has 0 aromatic heterocycles. The van der Waals surface area contributed by atoms with Crippen molar-refractivity contribution in [1.82, 2.24) is 4.90 Å². The Balaban J connectivity index is 1.49. The van der Waals surface area contributed by atoms with Crippen LogP contribution >= 0.6 is 23.5 Å². The number of carbonyl (C=O) groups excluding carboxylic acids is 3. The van der Waals surface area contributed by atoms with E-state index in [9.17, 15) is 28.9 Å². The second kappa shape index (κ2) is 10.8. The molecule has 4 rings (SSSR count). The standard InChI is InChI=1S/C25H18FN3O5S2/c1-15-2-9-19(10-3-15)35-21-11-4-16(12-20(21)29(33)34)13-22-24(31)28(25(32)36-22)14-23(30)27-18-7-5-17(26)6-8-18/h2-13H,14H2,1H3,(H,27,30)/b22-13-. The Bertz CT molecular complexity index is 1390. The van der Waals surface area contributed by atoms with Crippen LogP contribution in [0.25, 0.3) is 6.08 Å². The molecule has 11 heteroatoms. The summed E-state index contributed by atoms with van der Waals surface area (Å²) in [6.45, 7) is 1.43. The number of nitrogens with zero attached hydrogens (tertiary/aromatic N) is 2. The lowest BCUT2D eigenvalue weighted by molar-refractivity contribution is -0.387. The number of rotatable bonds is 7. The smallest absolute Gasteiger partial charge is 0.294 e. The molecule has 0 radical (unpaired) electrons. The van der Waals surface area contributed by atoms with E-state index >= 15 is 0 Å². The van der Waals surface area contributed by atoms with Crippen molar-refractivity contribution < 1.29 is 23.7 Å². The Hall–Kier alpha value is -3.96. The first-order valence-corrected chi connectivity index (χ1v) is 12.2. The quantitative estimate of drug-likeness (QED) is 0.234. The number of hydrogen-bond acceptors (Lipinski definition) is 7. The Morgan fingerprint density at radius 3 is 2.47 bits per heavy atom. The number of nitro benzene ring substituents is 1. The summed E-state index contributed by atoms with van der Waals surface area (Å²) in [7, 11) is 0. The summed E-state index contributed by atoms with van der Waals surface area (Å²) in [5, 5.41) is 13.5. The third kappa shape index (κ3) is 5.99. The van der Waals surface area contributed by atoms with Crippen LogP contribution in [0, 0.1) is 22.9 Å². The highest BCUT2D eigenvalue weighted by Crippen LogP contribution is 2.37. The Morgan fingerprint density at radius 1 is 1.11 bits per heavy atom. The number of aryl methyl sites for hydroxylation is 1. The van der Waals surface area contributed by atoms with Gasteiger partial charge >= 0.3 is 0 Å². The molecular formula is C25H18FN3O5S2. The van der Waals surface area contributed by atoms with Crippen molar-refractivity contribution >= 4 is 58.0 Å². The molecule has 1 N–H and O–H groups in total. The molecule has 8 nitrogen and oxygen atoms in total. The summed E-state index contributed by atoms with van der Waals surface area (Å²) in [5.41, 5.74) is 1.63. The van der Waals surface area contributed by atoms with Gasteiger partial charge in [-0.05, 0) is 72.8 Å². The van der Waals surface area contributed by atoms with Crippen LogP contribution in [0.4, 0.5) is 20.6 Å². The third-order valence-corrected chi connectivity index (χ3v) is 7.01. The first kappa shape index (κ1) is 25.1. The van der Waals surface area contributed by atoms with Crippen LogP contribution in [-0.2, 0) is 9.59 Å². The molecule has 0 unspecified atom stereocenters. The maximum atomic E-state index is 13.0. The van der Waals surface area contributed by atoms with Gasteiger partial charge in [0.15, 0.2) is 0 Å². The van der Waals surface area contributed by atoms with E-state index in [4.69, 9.17) is 0 Å². The minimum absolute atomic E-state index is 0.0443. The summed E-state index contributed by atoms with van der Waals surface area (Å²) in [4.78, 5) is 50.7. The van der Waals surface area contributed by atoms with Crippen molar-refractivity contribution in [3.8, 4) is 0 Å². The molecule has 0 saturated carbocycles. The molecule has 1 aliphatic rings. The highest BCUT2D eigenvalue weighted by molar-refractivity contribution is 8.18. The zero-order chi connectivity index (χ0) is 25.8. The van der Waals surface area contributed by atoms with E-state index in [1.807, 2.05) is 31.2 Å². The number of halogens is 1. The number of anilines is 1. The molecule has 1 saturated heterocycles. The number of imide groups is 1. The van der Waals surface area contributed by atoms with Crippen LogP contribution in [0.1, 0.15) is 11.1 Å². The fourth-order valence-electron chi connectivity index (χ4n) is 3.25. The number of hydrogen-bond donors (Lipinski definition) is 1. The number of thioether (sulfide) groups is 1. The molecule has 3 aromatic carbocycles. The average Bonchev–Trinajstić information content (AvgIpc) is 3.10. The van der Waals surface area contributed by atoms with E-state index in [0.29, 0.717) is 27.9 Å². The lowest BCUT2D eigenvalue weighted by Crippen LogP contribution is -2.36. The molecule has 36 heavy (non-hydrogen) atoms. The van der Waals surface area contributed by atoms with E-state index in [2.05, 4.69) is 5.32 Å². The highest BCUT2D eigenvalue weighted by Gasteiger charge is 2.36. The highest BCUT2D eigenvalue weighted by atomic mass is 32.2. The molecule has 3 aromatic rings. The van der Waals surface area contributed by atoms with Gasteiger partial charge in [0.05, 0.1) is 14.7 Å². The maximum Gasteiger partial charge on any atom is 0.294 e. The van der Waals surface area contributed by atoms with E-state index in [-0.39, 0.29) is 10.6 Å². The van der Waals surface area contributed by atoms with Crippen LogP contribution in [0.2, 0.25) is 0 Å². The normalized spacial score (nSPS) is 14.4. The zero-order valence-electron chi connectivity index (χ0n) is 18.8. The van der Waals surface area contributed by atoms with Crippen LogP contribution in [0.15, 0.2) is 81.4 Å². The SMILES string of the molecule is Cc1ccc(Sc2ccc(/C=C3\SC(=O)N(CC(=O)Nc4ccc(F)cc4)C3=O)cc2[N+](=O)[O-])cc1.